The van der Waals surface area contributed by atoms with Crippen LogP contribution in [0, 0.1) is 17.3 Å². The molecule has 3 aromatic rings. The number of ether oxygens (including phenoxy) is 1. The summed E-state index contributed by atoms with van der Waals surface area (Å²) < 4.78 is 6.62. The number of Topliss-reactive ketones (excluding diaryl/α,β-unsaturated/α-hetero) is 1. The molecule has 0 saturated carbocycles. The van der Waals surface area contributed by atoms with Crippen LogP contribution in [0.1, 0.15) is 60.3 Å². The number of carbonyl (C=O) groups excluding carboxylic acids is 2. The summed E-state index contributed by atoms with van der Waals surface area (Å²) in [6, 6.07) is 3.48. The molecular weight excluding hydrogens is 526 g/mol. The van der Waals surface area contributed by atoms with Crippen molar-refractivity contribution in [2.45, 2.75) is 50.6 Å². The van der Waals surface area contributed by atoms with Crippen molar-refractivity contribution in [3.8, 4) is 23.0 Å². The summed E-state index contributed by atoms with van der Waals surface area (Å²) in [5, 5.41) is 20.3. The molecule has 13 heteroatoms. The van der Waals surface area contributed by atoms with E-state index in [4.69, 9.17) is 31.7 Å². The molecule has 2 saturated heterocycles. The maximum Gasteiger partial charge on any atom is 0.289 e. The summed E-state index contributed by atoms with van der Waals surface area (Å²) in [7, 11) is 0. The number of anilines is 1. The van der Waals surface area contributed by atoms with Crippen LogP contribution in [0.4, 0.5) is 5.82 Å². The van der Waals surface area contributed by atoms with Crippen LogP contribution in [0.2, 0.25) is 0 Å². The Bertz CT molecular complexity index is 1570. The Morgan fingerprint density at radius 1 is 1.27 bits per heavy atom. The first-order valence-electron chi connectivity index (χ1n) is 13.3. The molecular formula is C28H31N9O4. The molecule has 212 valence electrons. The number of fused-ring (bicyclic) bond motifs is 3. The first kappa shape index (κ1) is 27.9. The number of carbonyl (C=O) groups is 2. The molecule has 6 N–H and O–H groups in total. The standard InChI is InChI=1S/C28H31N9O4/c1-16(39)23-24(18-11-20-6-7-21(12-18)36(20)28(40)25(30)33-15-29)35-27-22(14-34-37(27)26(23)31)17-4-5-19(32-13-17)3-2-9-41-10-8-38/h4-5,13-15,18,20-21,38H,6-12,31H2,1H3,(H3,29,30,33). The van der Waals surface area contributed by atoms with Gasteiger partial charge in [-0.3, -0.25) is 15.0 Å². The lowest BCUT2D eigenvalue weighted by molar-refractivity contribution is -0.128. The van der Waals surface area contributed by atoms with Gasteiger partial charge in [-0.1, -0.05) is 5.92 Å². The van der Waals surface area contributed by atoms with Crippen LogP contribution < -0.4 is 11.5 Å². The third-order valence-corrected chi connectivity index (χ3v) is 7.54. The molecule has 5 rings (SSSR count). The molecule has 0 spiro atoms. The van der Waals surface area contributed by atoms with Crippen molar-refractivity contribution in [1.82, 2.24) is 24.5 Å². The summed E-state index contributed by atoms with van der Waals surface area (Å²) in [5.74, 6) is 5.11. The lowest BCUT2D eigenvalue weighted by atomic mass is 9.85. The maximum absolute atomic E-state index is 12.9. The van der Waals surface area contributed by atoms with Gasteiger partial charge in [0.2, 0.25) is 0 Å². The number of pyridine rings is 1. The van der Waals surface area contributed by atoms with E-state index >= 15 is 0 Å². The topological polar surface area (TPSA) is 198 Å². The van der Waals surface area contributed by atoms with E-state index in [9.17, 15) is 9.59 Å². The Labute approximate surface area is 236 Å². The van der Waals surface area contributed by atoms with Gasteiger partial charge >= 0.3 is 0 Å². The Kier molecular flexibility index (Phi) is 8.04. The Hall–Kier alpha value is -4.67. The van der Waals surface area contributed by atoms with E-state index in [1.54, 1.807) is 23.4 Å². The highest BCUT2D eigenvalue weighted by Gasteiger charge is 2.45. The predicted octanol–water partition coefficient (Wildman–Crippen LogP) is 1.14. The van der Waals surface area contributed by atoms with Crippen molar-refractivity contribution in [2.24, 2.45) is 10.7 Å². The minimum Gasteiger partial charge on any atom is -0.394 e. The number of piperidine rings is 1. The molecule has 0 aromatic carbocycles. The molecule has 2 fully saturated rings. The smallest absolute Gasteiger partial charge is 0.289 e. The monoisotopic (exact) mass is 557 g/mol. The highest BCUT2D eigenvalue weighted by atomic mass is 16.5. The zero-order valence-electron chi connectivity index (χ0n) is 22.6. The zero-order valence-corrected chi connectivity index (χ0v) is 22.6. The van der Waals surface area contributed by atoms with Crippen LogP contribution in [0.25, 0.3) is 16.8 Å². The second-order valence-electron chi connectivity index (χ2n) is 10.0. The number of hydrogen-bond acceptors (Lipinski definition) is 9. The number of aromatic nitrogens is 4. The van der Waals surface area contributed by atoms with Gasteiger partial charge in [-0.05, 0) is 50.7 Å². The Balaban J connectivity index is 1.47. The number of rotatable bonds is 7. The molecule has 0 radical (unpaired) electrons. The van der Waals surface area contributed by atoms with Gasteiger partial charge in [0.25, 0.3) is 5.91 Å². The van der Waals surface area contributed by atoms with E-state index in [-0.39, 0.29) is 61.2 Å². The average molecular weight is 558 g/mol. The molecule has 2 atom stereocenters. The fourth-order valence-electron chi connectivity index (χ4n) is 5.82. The number of aliphatic hydroxyl groups excluding tert-OH is 1. The van der Waals surface area contributed by atoms with Crippen LogP contribution in [0.15, 0.2) is 29.5 Å². The van der Waals surface area contributed by atoms with Gasteiger partial charge in [0.1, 0.15) is 24.5 Å². The van der Waals surface area contributed by atoms with Crippen LogP contribution in [-0.4, -0.2) is 85.4 Å². The van der Waals surface area contributed by atoms with Crippen molar-refractivity contribution in [1.29, 1.82) is 5.41 Å². The first-order valence-corrected chi connectivity index (χ1v) is 13.3. The fraction of sp³-hybridized carbons (Fsp3) is 0.393. The largest absolute Gasteiger partial charge is 0.394 e. The molecule has 13 nitrogen and oxygen atoms in total. The van der Waals surface area contributed by atoms with Crippen LogP contribution in [0.5, 0.6) is 0 Å². The molecule has 41 heavy (non-hydrogen) atoms. The van der Waals surface area contributed by atoms with Crippen molar-refractivity contribution in [2.75, 3.05) is 25.6 Å². The van der Waals surface area contributed by atoms with E-state index in [0.717, 1.165) is 24.7 Å². The van der Waals surface area contributed by atoms with Crippen molar-refractivity contribution < 1.29 is 19.4 Å². The van der Waals surface area contributed by atoms with E-state index in [2.05, 4.69) is 26.9 Å². The molecule has 2 unspecified atom stereocenters. The zero-order chi connectivity index (χ0) is 29.1. The summed E-state index contributed by atoms with van der Waals surface area (Å²) in [4.78, 5) is 40.6. The second kappa shape index (κ2) is 11.8. The normalized spacial score (nSPS) is 20.1. The third-order valence-electron chi connectivity index (χ3n) is 7.54. The van der Waals surface area contributed by atoms with Gasteiger partial charge in [-0.2, -0.15) is 9.61 Å². The maximum atomic E-state index is 12.9. The number of nitrogens with two attached hydrogens (primary N) is 2. The summed E-state index contributed by atoms with van der Waals surface area (Å²) in [6.07, 6.45) is 6.91. The summed E-state index contributed by atoms with van der Waals surface area (Å²) in [6.45, 7) is 1.83. The van der Waals surface area contributed by atoms with E-state index in [1.807, 2.05) is 6.07 Å². The van der Waals surface area contributed by atoms with Gasteiger partial charge in [-0.15, -0.1) is 0 Å². The van der Waals surface area contributed by atoms with E-state index in [1.165, 1.54) is 11.4 Å². The number of aliphatic imine (C=N–C) groups is 1. The Morgan fingerprint density at radius 3 is 2.66 bits per heavy atom. The van der Waals surface area contributed by atoms with Gasteiger partial charge in [0.05, 0.1) is 30.7 Å². The molecule has 1 amide bonds. The minimum atomic E-state index is -0.370. The number of amidine groups is 1. The van der Waals surface area contributed by atoms with E-state index in [0.29, 0.717) is 41.0 Å². The molecule has 2 aliphatic rings. The van der Waals surface area contributed by atoms with Crippen molar-refractivity contribution >= 4 is 35.3 Å². The highest BCUT2D eigenvalue weighted by molar-refractivity contribution is 6.38. The fourth-order valence-corrected chi connectivity index (χ4v) is 5.82. The van der Waals surface area contributed by atoms with Crippen LogP contribution >= 0.6 is 0 Å². The first-order chi connectivity index (χ1) is 19.8. The molecule has 2 bridgehead atoms. The number of nitrogens with one attached hydrogen (secondary N) is 1. The Morgan fingerprint density at radius 2 is 2.02 bits per heavy atom. The quantitative estimate of drug-likeness (QED) is 0.108. The minimum absolute atomic E-state index is 0.0563. The van der Waals surface area contributed by atoms with Gasteiger partial charge in [-0.25, -0.2) is 15.0 Å². The van der Waals surface area contributed by atoms with Gasteiger partial charge in [0.15, 0.2) is 17.3 Å². The third kappa shape index (κ3) is 5.39. The molecule has 2 aliphatic heterocycles. The number of nitrogen functional groups attached to an aromatic ring is 1. The average Bonchev–Trinajstić information content (AvgIpc) is 3.50. The molecule has 3 aromatic heterocycles. The molecule has 0 aliphatic carbocycles. The summed E-state index contributed by atoms with van der Waals surface area (Å²) in [5.41, 5.74) is 15.8. The number of nitrogens with zero attached hydrogens (tertiary/aromatic N) is 6. The molecule has 5 heterocycles. The van der Waals surface area contributed by atoms with Crippen LogP contribution in [0.3, 0.4) is 0 Å². The second-order valence-corrected chi connectivity index (χ2v) is 10.0. The lowest BCUT2D eigenvalue weighted by Gasteiger charge is -2.39. The van der Waals surface area contributed by atoms with Crippen molar-refractivity contribution in [3.05, 3.63) is 41.5 Å². The van der Waals surface area contributed by atoms with E-state index < -0.39 is 0 Å². The summed E-state index contributed by atoms with van der Waals surface area (Å²) >= 11 is 0. The SMILES string of the molecule is CC(=O)c1c(C2CC3CCC(C2)N3C(=O)C(N)=NC=N)nc2c(-c3ccc(C#CCOCCO)nc3)cnn2c1N. The van der Waals surface area contributed by atoms with Crippen molar-refractivity contribution in [3.63, 3.8) is 0 Å². The number of amides is 1. The van der Waals surface area contributed by atoms with Gasteiger partial charge in [0, 0.05) is 35.3 Å². The highest BCUT2D eigenvalue weighted by Crippen LogP contribution is 2.44. The van der Waals surface area contributed by atoms with Gasteiger partial charge < -0.3 is 26.2 Å². The number of aliphatic hydroxyl groups is 1. The number of ketones is 1. The lowest BCUT2D eigenvalue weighted by Crippen LogP contribution is -2.50. The predicted molar refractivity (Wildman–Crippen MR) is 151 cm³/mol. The van der Waals surface area contributed by atoms with Crippen LogP contribution in [-0.2, 0) is 9.53 Å². The number of hydrogen-bond donors (Lipinski definition) is 4.